The van der Waals surface area contributed by atoms with Crippen molar-refractivity contribution in [1.82, 2.24) is 9.55 Å². The fourth-order valence-corrected chi connectivity index (χ4v) is 2.91. The average Bonchev–Trinajstić information content (AvgIpc) is 2.97. The standard InChI is InChI=1S/C19H23N3O2/c1-4-19-21-15-9-17(23-2)18(24-3)10-16(15)22(19)12-14-7-5-13(11-20)6-8-14/h5-10H,4,11-12,20H2,1-3H3. The van der Waals surface area contributed by atoms with Crippen LogP contribution in [0.5, 0.6) is 11.5 Å². The van der Waals surface area contributed by atoms with E-state index >= 15 is 0 Å². The second-order valence-corrected chi connectivity index (χ2v) is 5.68. The van der Waals surface area contributed by atoms with Crippen LogP contribution in [0.15, 0.2) is 36.4 Å². The number of rotatable bonds is 6. The molecule has 0 radical (unpaired) electrons. The zero-order valence-corrected chi connectivity index (χ0v) is 14.4. The van der Waals surface area contributed by atoms with Gasteiger partial charge in [0, 0.05) is 31.6 Å². The van der Waals surface area contributed by atoms with Crippen LogP contribution in [0, 0.1) is 0 Å². The highest BCUT2D eigenvalue weighted by molar-refractivity contribution is 5.80. The molecule has 0 amide bonds. The van der Waals surface area contributed by atoms with E-state index in [1.165, 1.54) is 5.56 Å². The Balaban J connectivity index is 2.07. The monoisotopic (exact) mass is 325 g/mol. The van der Waals surface area contributed by atoms with Gasteiger partial charge in [0.25, 0.3) is 0 Å². The number of imidazole rings is 1. The lowest BCUT2D eigenvalue weighted by atomic mass is 10.1. The van der Waals surface area contributed by atoms with Crippen molar-refractivity contribution < 1.29 is 9.47 Å². The van der Waals surface area contributed by atoms with Crippen LogP contribution in [0.25, 0.3) is 11.0 Å². The van der Waals surface area contributed by atoms with Gasteiger partial charge in [0.2, 0.25) is 0 Å². The Morgan fingerprint density at radius 3 is 2.21 bits per heavy atom. The maximum atomic E-state index is 5.67. The van der Waals surface area contributed by atoms with E-state index in [2.05, 4.69) is 35.8 Å². The number of hydrogen-bond donors (Lipinski definition) is 1. The van der Waals surface area contributed by atoms with E-state index in [0.717, 1.165) is 35.4 Å². The second kappa shape index (κ2) is 6.93. The van der Waals surface area contributed by atoms with Crippen LogP contribution < -0.4 is 15.2 Å². The molecule has 126 valence electrons. The number of nitrogens with two attached hydrogens (primary N) is 1. The molecule has 0 saturated carbocycles. The molecule has 3 rings (SSSR count). The van der Waals surface area contributed by atoms with Gasteiger partial charge in [-0.1, -0.05) is 31.2 Å². The molecule has 1 aromatic heterocycles. The smallest absolute Gasteiger partial charge is 0.163 e. The first kappa shape index (κ1) is 16.3. The Kier molecular flexibility index (Phi) is 4.71. The van der Waals surface area contributed by atoms with Crippen molar-refractivity contribution in [2.24, 2.45) is 5.73 Å². The minimum atomic E-state index is 0.561. The van der Waals surface area contributed by atoms with Gasteiger partial charge in [-0.05, 0) is 11.1 Å². The summed E-state index contributed by atoms with van der Waals surface area (Å²) in [5, 5.41) is 0. The zero-order valence-electron chi connectivity index (χ0n) is 14.4. The topological polar surface area (TPSA) is 62.3 Å². The number of nitrogens with zero attached hydrogens (tertiary/aromatic N) is 2. The van der Waals surface area contributed by atoms with Gasteiger partial charge in [0.15, 0.2) is 11.5 Å². The minimum Gasteiger partial charge on any atom is -0.493 e. The lowest BCUT2D eigenvalue weighted by molar-refractivity contribution is 0.355. The zero-order chi connectivity index (χ0) is 17.1. The number of methoxy groups -OCH3 is 2. The summed E-state index contributed by atoms with van der Waals surface area (Å²) in [6.07, 6.45) is 0.861. The Hall–Kier alpha value is -2.53. The summed E-state index contributed by atoms with van der Waals surface area (Å²) < 4.78 is 13.1. The van der Waals surface area contributed by atoms with Gasteiger partial charge >= 0.3 is 0 Å². The van der Waals surface area contributed by atoms with Gasteiger partial charge in [-0.25, -0.2) is 4.98 Å². The van der Waals surface area contributed by atoms with E-state index in [-0.39, 0.29) is 0 Å². The van der Waals surface area contributed by atoms with E-state index in [1.54, 1.807) is 14.2 Å². The Morgan fingerprint density at radius 2 is 1.62 bits per heavy atom. The van der Waals surface area contributed by atoms with E-state index in [1.807, 2.05) is 12.1 Å². The van der Waals surface area contributed by atoms with E-state index < -0.39 is 0 Å². The summed E-state index contributed by atoms with van der Waals surface area (Å²) in [6.45, 7) is 3.44. The first-order valence-corrected chi connectivity index (χ1v) is 8.09. The quantitative estimate of drug-likeness (QED) is 0.756. The molecule has 3 aromatic rings. The number of benzene rings is 2. The van der Waals surface area contributed by atoms with Crippen molar-refractivity contribution in [3.63, 3.8) is 0 Å². The molecular weight excluding hydrogens is 302 g/mol. The minimum absolute atomic E-state index is 0.561. The molecule has 2 aromatic carbocycles. The van der Waals surface area contributed by atoms with Crippen LogP contribution >= 0.6 is 0 Å². The molecule has 1 heterocycles. The van der Waals surface area contributed by atoms with Crippen LogP contribution in [0.3, 0.4) is 0 Å². The number of ether oxygens (including phenoxy) is 2. The summed E-state index contributed by atoms with van der Waals surface area (Å²) in [6, 6.07) is 12.3. The SMILES string of the molecule is CCc1nc2cc(OC)c(OC)cc2n1Cc1ccc(CN)cc1. The molecule has 0 aliphatic heterocycles. The van der Waals surface area contributed by atoms with Crippen LogP contribution in [0.4, 0.5) is 0 Å². The number of aromatic nitrogens is 2. The summed E-state index contributed by atoms with van der Waals surface area (Å²) in [4.78, 5) is 4.75. The first-order chi connectivity index (χ1) is 11.7. The Labute approximate surface area is 142 Å². The summed E-state index contributed by atoms with van der Waals surface area (Å²) in [5.74, 6) is 2.46. The molecule has 24 heavy (non-hydrogen) atoms. The van der Waals surface area contributed by atoms with Crippen molar-refractivity contribution in [3.8, 4) is 11.5 Å². The lowest BCUT2D eigenvalue weighted by Gasteiger charge is -2.11. The molecule has 5 nitrogen and oxygen atoms in total. The maximum absolute atomic E-state index is 5.67. The summed E-state index contributed by atoms with van der Waals surface area (Å²) in [5.41, 5.74) is 10.00. The predicted octanol–water partition coefficient (Wildman–Crippen LogP) is 3.12. The van der Waals surface area contributed by atoms with Crippen molar-refractivity contribution in [2.45, 2.75) is 26.4 Å². The predicted molar refractivity (Wildman–Crippen MR) is 95.7 cm³/mol. The fourth-order valence-electron chi connectivity index (χ4n) is 2.91. The van der Waals surface area contributed by atoms with Crippen LogP contribution in [-0.4, -0.2) is 23.8 Å². The molecular formula is C19H23N3O2. The van der Waals surface area contributed by atoms with Gasteiger partial charge in [-0.3, -0.25) is 0 Å². The highest BCUT2D eigenvalue weighted by atomic mass is 16.5. The van der Waals surface area contributed by atoms with E-state index in [0.29, 0.717) is 18.0 Å². The van der Waals surface area contributed by atoms with Crippen LogP contribution in [-0.2, 0) is 19.5 Å². The molecule has 2 N–H and O–H groups in total. The van der Waals surface area contributed by atoms with Crippen LogP contribution in [0.2, 0.25) is 0 Å². The maximum Gasteiger partial charge on any atom is 0.163 e. The molecule has 5 heteroatoms. The molecule has 0 atom stereocenters. The van der Waals surface area contributed by atoms with E-state index in [4.69, 9.17) is 20.2 Å². The molecule has 0 aliphatic carbocycles. The second-order valence-electron chi connectivity index (χ2n) is 5.68. The van der Waals surface area contributed by atoms with Gasteiger partial charge in [0.05, 0.1) is 25.3 Å². The van der Waals surface area contributed by atoms with Gasteiger partial charge in [0.1, 0.15) is 5.82 Å². The average molecular weight is 325 g/mol. The van der Waals surface area contributed by atoms with Crippen molar-refractivity contribution in [2.75, 3.05) is 14.2 Å². The third kappa shape index (κ3) is 2.95. The Morgan fingerprint density at radius 1 is 1.00 bits per heavy atom. The molecule has 0 unspecified atom stereocenters. The third-order valence-corrected chi connectivity index (χ3v) is 4.25. The van der Waals surface area contributed by atoms with Crippen molar-refractivity contribution in [1.29, 1.82) is 0 Å². The van der Waals surface area contributed by atoms with Crippen molar-refractivity contribution in [3.05, 3.63) is 53.3 Å². The normalized spacial score (nSPS) is 11.0. The number of aryl methyl sites for hydroxylation is 1. The van der Waals surface area contributed by atoms with E-state index in [9.17, 15) is 0 Å². The van der Waals surface area contributed by atoms with Crippen molar-refractivity contribution >= 4 is 11.0 Å². The third-order valence-electron chi connectivity index (χ3n) is 4.25. The molecule has 0 aliphatic rings. The van der Waals surface area contributed by atoms with Gasteiger partial charge < -0.3 is 19.8 Å². The first-order valence-electron chi connectivity index (χ1n) is 8.09. The highest BCUT2D eigenvalue weighted by Crippen LogP contribution is 2.32. The van der Waals surface area contributed by atoms with Gasteiger partial charge in [-0.2, -0.15) is 0 Å². The van der Waals surface area contributed by atoms with Gasteiger partial charge in [-0.15, -0.1) is 0 Å². The molecule has 0 fully saturated rings. The number of hydrogen-bond acceptors (Lipinski definition) is 4. The largest absolute Gasteiger partial charge is 0.493 e. The molecule has 0 saturated heterocycles. The highest BCUT2D eigenvalue weighted by Gasteiger charge is 2.14. The fraction of sp³-hybridized carbons (Fsp3) is 0.316. The Bertz CT molecular complexity index is 838. The number of fused-ring (bicyclic) bond motifs is 1. The molecule has 0 spiro atoms. The summed E-state index contributed by atoms with van der Waals surface area (Å²) >= 11 is 0. The lowest BCUT2D eigenvalue weighted by Crippen LogP contribution is -2.05. The molecule has 0 bridgehead atoms. The van der Waals surface area contributed by atoms with Crippen LogP contribution in [0.1, 0.15) is 23.9 Å². The summed E-state index contributed by atoms with van der Waals surface area (Å²) in [7, 11) is 3.29.